The molecule has 0 bridgehead atoms. The van der Waals surface area contributed by atoms with Gasteiger partial charge in [0.25, 0.3) is 0 Å². The van der Waals surface area contributed by atoms with Gasteiger partial charge in [0.15, 0.2) is 0 Å². The van der Waals surface area contributed by atoms with Crippen molar-refractivity contribution in [2.75, 3.05) is 0 Å². The minimum Gasteiger partial charge on any atom is -0.133 e. The molecular weight excluding hydrogens is 271 g/mol. The molecule has 0 saturated carbocycles. The third kappa shape index (κ3) is 9.85. The van der Waals surface area contributed by atoms with Crippen LogP contribution in [0.3, 0.4) is 0 Å². The molecule has 0 aromatic heterocycles. The summed E-state index contributed by atoms with van der Waals surface area (Å²) >= 11 is 0. The second kappa shape index (κ2) is 12.7. The van der Waals surface area contributed by atoms with Crippen LogP contribution in [0.1, 0.15) is 97.8 Å². The van der Waals surface area contributed by atoms with Crippen LogP contribution in [0.5, 0.6) is 0 Å². The Morgan fingerprint density at radius 3 is 1.70 bits per heavy atom. The van der Waals surface area contributed by atoms with Crippen LogP contribution in [0.15, 0.2) is 0 Å². The molecule has 0 radical (unpaired) electrons. The number of hydrogen-bond acceptors (Lipinski definition) is 2. The first-order chi connectivity index (χ1) is 9.60. The first-order valence-corrected chi connectivity index (χ1v) is 9.58. The molecule has 0 aliphatic heterocycles. The van der Waals surface area contributed by atoms with Crippen molar-refractivity contribution in [2.24, 2.45) is 0 Å². The molecule has 4 heteroatoms. The molecule has 0 fully saturated rings. The highest BCUT2D eigenvalue weighted by Gasteiger charge is 2.36. The molecule has 0 spiro atoms. The van der Waals surface area contributed by atoms with Gasteiger partial charge in [-0.05, 0) is 19.3 Å². The van der Waals surface area contributed by atoms with Crippen LogP contribution in [0.4, 0.5) is 0 Å². The first-order valence-electron chi connectivity index (χ1n) is 8.45. The summed E-state index contributed by atoms with van der Waals surface area (Å²) in [6, 6.07) is 0. The van der Waals surface area contributed by atoms with E-state index >= 15 is 0 Å². The fourth-order valence-electron chi connectivity index (χ4n) is 2.70. The molecule has 1 atom stereocenters. The largest absolute Gasteiger partial charge is 0.695 e. The Labute approximate surface area is 126 Å². The maximum absolute atomic E-state index is 10.9. The average Bonchev–Trinajstić information content (AvgIpc) is 2.44. The van der Waals surface area contributed by atoms with Gasteiger partial charge in [-0.15, -0.1) is 9.42 Å². The van der Waals surface area contributed by atoms with Gasteiger partial charge in [-0.2, -0.15) is 0 Å². The second-order valence-electron chi connectivity index (χ2n) is 5.80. The SMILES string of the molecule is CCCCCCCCCCCC(CC)(CC)O[P+](=O)O. The Morgan fingerprint density at radius 1 is 0.850 bits per heavy atom. The Kier molecular flexibility index (Phi) is 12.8. The van der Waals surface area contributed by atoms with E-state index in [0.717, 1.165) is 25.7 Å². The van der Waals surface area contributed by atoms with Gasteiger partial charge in [-0.25, -0.2) is 0 Å². The fraction of sp³-hybridized carbons (Fsp3) is 1.00. The zero-order chi connectivity index (χ0) is 15.3. The summed E-state index contributed by atoms with van der Waals surface area (Å²) < 4.78 is 16.2. The summed E-state index contributed by atoms with van der Waals surface area (Å²) in [4.78, 5) is 8.98. The molecular formula is C16H34O3P+. The van der Waals surface area contributed by atoms with Crippen molar-refractivity contribution < 1.29 is 14.0 Å². The molecule has 0 amide bonds. The summed E-state index contributed by atoms with van der Waals surface area (Å²) in [6.45, 7) is 6.32. The lowest BCUT2D eigenvalue weighted by atomic mass is 9.90. The highest BCUT2D eigenvalue weighted by atomic mass is 31.1. The van der Waals surface area contributed by atoms with Crippen molar-refractivity contribution in [1.82, 2.24) is 0 Å². The van der Waals surface area contributed by atoms with Crippen LogP contribution in [0, 0.1) is 0 Å². The van der Waals surface area contributed by atoms with E-state index in [4.69, 9.17) is 9.42 Å². The highest BCUT2D eigenvalue weighted by Crippen LogP contribution is 2.35. The molecule has 0 heterocycles. The van der Waals surface area contributed by atoms with Crippen LogP contribution in [-0.2, 0) is 9.09 Å². The molecule has 0 aromatic carbocycles. The molecule has 0 aromatic rings. The first kappa shape index (κ1) is 20.0. The van der Waals surface area contributed by atoms with Gasteiger partial charge in [-0.1, -0.05) is 78.6 Å². The quantitative estimate of drug-likeness (QED) is 0.310. The average molecular weight is 305 g/mol. The van der Waals surface area contributed by atoms with Crippen molar-refractivity contribution in [3.8, 4) is 0 Å². The van der Waals surface area contributed by atoms with E-state index < -0.39 is 8.25 Å². The normalized spacial score (nSPS) is 12.7. The summed E-state index contributed by atoms with van der Waals surface area (Å²) in [5, 5.41) is 0. The lowest BCUT2D eigenvalue weighted by Gasteiger charge is -2.24. The lowest BCUT2D eigenvalue weighted by molar-refractivity contribution is 0.0451. The van der Waals surface area contributed by atoms with Crippen molar-refractivity contribution in [1.29, 1.82) is 0 Å². The molecule has 0 aliphatic carbocycles. The van der Waals surface area contributed by atoms with Crippen LogP contribution >= 0.6 is 8.25 Å². The zero-order valence-electron chi connectivity index (χ0n) is 13.7. The van der Waals surface area contributed by atoms with Gasteiger partial charge >= 0.3 is 8.25 Å². The molecule has 0 aliphatic rings. The maximum Gasteiger partial charge on any atom is 0.695 e. The van der Waals surface area contributed by atoms with Gasteiger partial charge in [-0.3, -0.25) is 0 Å². The Balaban J connectivity index is 3.66. The van der Waals surface area contributed by atoms with E-state index in [1.807, 2.05) is 13.8 Å². The van der Waals surface area contributed by atoms with E-state index in [1.54, 1.807) is 0 Å². The molecule has 0 rings (SSSR count). The third-order valence-electron chi connectivity index (χ3n) is 4.30. The molecule has 3 nitrogen and oxygen atoms in total. The van der Waals surface area contributed by atoms with E-state index in [0.29, 0.717) is 0 Å². The third-order valence-corrected chi connectivity index (χ3v) is 4.84. The summed E-state index contributed by atoms with van der Waals surface area (Å²) in [7, 11) is -2.49. The van der Waals surface area contributed by atoms with Gasteiger partial charge in [0.2, 0.25) is 0 Å². The van der Waals surface area contributed by atoms with Crippen LogP contribution in [0.2, 0.25) is 0 Å². The monoisotopic (exact) mass is 305 g/mol. The minimum atomic E-state index is -2.49. The van der Waals surface area contributed by atoms with Gasteiger partial charge in [0, 0.05) is 4.57 Å². The van der Waals surface area contributed by atoms with Crippen LogP contribution in [-0.4, -0.2) is 10.5 Å². The van der Waals surface area contributed by atoms with Crippen molar-refractivity contribution in [2.45, 2.75) is 103 Å². The van der Waals surface area contributed by atoms with Gasteiger partial charge in [0.05, 0.1) is 0 Å². The molecule has 120 valence electrons. The van der Waals surface area contributed by atoms with Crippen molar-refractivity contribution >= 4 is 8.25 Å². The smallest absolute Gasteiger partial charge is 0.133 e. The summed E-state index contributed by atoms with van der Waals surface area (Å²) in [5.74, 6) is 0. The van der Waals surface area contributed by atoms with Crippen LogP contribution in [0.25, 0.3) is 0 Å². The zero-order valence-corrected chi connectivity index (χ0v) is 14.6. The molecule has 20 heavy (non-hydrogen) atoms. The molecule has 1 unspecified atom stereocenters. The maximum atomic E-state index is 10.9. The van der Waals surface area contributed by atoms with E-state index in [1.165, 1.54) is 51.4 Å². The highest BCUT2D eigenvalue weighted by molar-refractivity contribution is 7.32. The second-order valence-corrected chi connectivity index (χ2v) is 6.46. The Morgan fingerprint density at radius 2 is 1.30 bits per heavy atom. The van der Waals surface area contributed by atoms with Crippen molar-refractivity contribution in [3.05, 3.63) is 0 Å². The predicted molar refractivity (Wildman–Crippen MR) is 86.1 cm³/mol. The lowest BCUT2D eigenvalue weighted by Crippen LogP contribution is -2.28. The van der Waals surface area contributed by atoms with Gasteiger partial charge in [0.1, 0.15) is 5.60 Å². The molecule has 1 N–H and O–H groups in total. The van der Waals surface area contributed by atoms with Crippen molar-refractivity contribution in [3.63, 3.8) is 0 Å². The van der Waals surface area contributed by atoms with E-state index in [9.17, 15) is 4.57 Å². The summed E-state index contributed by atoms with van der Waals surface area (Å²) in [5.41, 5.74) is -0.386. The van der Waals surface area contributed by atoms with E-state index in [2.05, 4.69) is 6.92 Å². The van der Waals surface area contributed by atoms with Gasteiger partial charge < -0.3 is 0 Å². The van der Waals surface area contributed by atoms with E-state index in [-0.39, 0.29) is 5.60 Å². The number of rotatable bonds is 14. The molecule has 0 saturated heterocycles. The number of hydrogen-bond donors (Lipinski definition) is 1. The topological polar surface area (TPSA) is 46.5 Å². The summed E-state index contributed by atoms with van der Waals surface area (Å²) in [6.07, 6.45) is 14.2. The van der Waals surface area contributed by atoms with Crippen LogP contribution < -0.4 is 0 Å². The Bertz CT molecular complexity index is 240. The number of unbranched alkanes of at least 4 members (excludes halogenated alkanes) is 8. The minimum absolute atomic E-state index is 0.386. The Hall–Kier alpha value is 0.0200. The standard InChI is InChI=1S/C16H33O3P/c1-4-7-8-9-10-11-12-13-14-15-16(5-2,6-3)19-20(17)18/h4-15H2,1-3H3/p+1. The fourth-order valence-corrected chi connectivity index (χ4v) is 3.38. The predicted octanol–water partition coefficient (Wildman–Crippen LogP) is 6.13.